The van der Waals surface area contributed by atoms with Crippen molar-refractivity contribution < 1.29 is 0 Å². The molecule has 0 radical (unpaired) electrons. The molecule has 17 heavy (non-hydrogen) atoms. The zero-order valence-corrected chi connectivity index (χ0v) is 10.2. The fraction of sp³-hybridized carbons (Fsp3) is 0.500. The van der Waals surface area contributed by atoms with Gasteiger partial charge >= 0.3 is 0 Å². The first-order valence-corrected chi connectivity index (χ1v) is 6.00. The summed E-state index contributed by atoms with van der Waals surface area (Å²) >= 11 is 0. The molecule has 5 heteroatoms. The molecule has 0 spiro atoms. The lowest BCUT2D eigenvalue weighted by Crippen LogP contribution is -2.34. The predicted molar refractivity (Wildman–Crippen MR) is 67.4 cm³/mol. The second-order valence-corrected chi connectivity index (χ2v) is 4.68. The molecular weight excluding hydrogens is 214 g/mol. The van der Waals surface area contributed by atoms with E-state index in [9.17, 15) is 0 Å². The fourth-order valence-electron chi connectivity index (χ4n) is 2.26. The molecule has 90 valence electrons. The average molecular weight is 231 g/mol. The Balaban J connectivity index is 1.94. The van der Waals surface area contributed by atoms with Crippen LogP contribution in [0.5, 0.6) is 0 Å². The van der Waals surface area contributed by atoms with E-state index in [1.165, 1.54) is 5.56 Å². The minimum absolute atomic E-state index is 0.508. The van der Waals surface area contributed by atoms with Crippen molar-refractivity contribution in [3.8, 4) is 0 Å². The van der Waals surface area contributed by atoms with E-state index in [0.29, 0.717) is 6.04 Å². The quantitative estimate of drug-likeness (QED) is 0.832. The monoisotopic (exact) mass is 231 g/mol. The lowest BCUT2D eigenvalue weighted by atomic mass is 10.2. The first kappa shape index (κ1) is 10.5. The van der Waals surface area contributed by atoms with Gasteiger partial charge in [-0.05, 0) is 31.5 Å². The van der Waals surface area contributed by atoms with Gasteiger partial charge in [0.2, 0.25) is 5.95 Å². The molecule has 0 bridgehead atoms. The van der Waals surface area contributed by atoms with Crippen LogP contribution in [0.2, 0.25) is 0 Å². The molecule has 1 saturated heterocycles. The van der Waals surface area contributed by atoms with Crippen LogP contribution in [0, 0.1) is 6.92 Å². The predicted octanol–water partition coefficient (Wildman–Crippen LogP) is 0.836. The Hall–Kier alpha value is -1.62. The van der Waals surface area contributed by atoms with Crippen molar-refractivity contribution in [2.24, 2.45) is 0 Å². The van der Waals surface area contributed by atoms with Crippen molar-refractivity contribution in [1.82, 2.24) is 19.9 Å². The molecule has 0 saturated carbocycles. The van der Waals surface area contributed by atoms with Crippen molar-refractivity contribution in [2.75, 3.05) is 25.0 Å². The Labute approximate surface area is 100 Å². The van der Waals surface area contributed by atoms with Crippen LogP contribution in [0.4, 0.5) is 5.95 Å². The van der Waals surface area contributed by atoms with Crippen molar-refractivity contribution in [2.45, 2.75) is 19.4 Å². The Morgan fingerprint density at radius 3 is 3.12 bits per heavy atom. The first-order chi connectivity index (χ1) is 8.24. The number of nitrogens with zero attached hydrogens (tertiary/aromatic N) is 4. The number of likely N-dealkylation sites (N-methyl/N-ethyl adjacent to an activating group) is 1. The molecule has 0 aromatic carbocycles. The standard InChI is InChI=1S/C12H17N5/c1-9-3-4-11-14-12(15-17(11)8-9)16(2)10-5-6-13-7-10/h3-4,8,10,13H,5-7H2,1-2H3. The molecule has 1 aliphatic rings. The molecule has 2 aromatic rings. The van der Waals surface area contributed by atoms with Gasteiger partial charge in [-0.1, -0.05) is 6.07 Å². The SMILES string of the molecule is Cc1ccc2nc(N(C)C3CCNC3)nn2c1. The molecule has 1 fully saturated rings. The van der Waals surface area contributed by atoms with Gasteiger partial charge in [-0.15, -0.1) is 5.10 Å². The first-order valence-electron chi connectivity index (χ1n) is 6.00. The maximum Gasteiger partial charge on any atom is 0.245 e. The van der Waals surface area contributed by atoms with E-state index in [1.807, 2.05) is 16.8 Å². The zero-order chi connectivity index (χ0) is 11.8. The molecule has 3 rings (SSSR count). The van der Waals surface area contributed by atoms with Crippen LogP contribution < -0.4 is 10.2 Å². The van der Waals surface area contributed by atoms with Gasteiger partial charge in [0, 0.05) is 25.8 Å². The molecule has 5 nitrogen and oxygen atoms in total. The third kappa shape index (κ3) is 1.86. The van der Waals surface area contributed by atoms with Crippen molar-refractivity contribution in [1.29, 1.82) is 0 Å². The average Bonchev–Trinajstić information content (AvgIpc) is 2.96. The summed E-state index contributed by atoms with van der Waals surface area (Å²) in [6.45, 7) is 4.16. The van der Waals surface area contributed by atoms with E-state index in [4.69, 9.17) is 0 Å². The molecule has 1 aliphatic heterocycles. The summed E-state index contributed by atoms with van der Waals surface area (Å²) in [6.07, 6.45) is 3.16. The minimum Gasteiger partial charge on any atom is -0.338 e. The van der Waals surface area contributed by atoms with E-state index in [1.54, 1.807) is 0 Å². The van der Waals surface area contributed by atoms with Crippen molar-refractivity contribution in [3.63, 3.8) is 0 Å². The van der Waals surface area contributed by atoms with Gasteiger partial charge in [0.05, 0.1) is 0 Å². The van der Waals surface area contributed by atoms with Crippen LogP contribution in [0.1, 0.15) is 12.0 Å². The summed E-state index contributed by atoms with van der Waals surface area (Å²) < 4.78 is 1.85. The van der Waals surface area contributed by atoms with Crippen LogP contribution in [-0.2, 0) is 0 Å². The summed E-state index contributed by atoms with van der Waals surface area (Å²) in [5.41, 5.74) is 2.10. The lowest BCUT2D eigenvalue weighted by molar-refractivity contribution is 0.667. The number of hydrogen-bond donors (Lipinski definition) is 1. The number of pyridine rings is 1. The topological polar surface area (TPSA) is 45.5 Å². The van der Waals surface area contributed by atoms with Crippen LogP contribution in [0.3, 0.4) is 0 Å². The number of hydrogen-bond acceptors (Lipinski definition) is 4. The second kappa shape index (κ2) is 4.00. The van der Waals surface area contributed by atoms with Crippen molar-refractivity contribution >= 4 is 11.6 Å². The maximum atomic E-state index is 4.55. The third-order valence-electron chi connectivity index (χ3n) is 3.37. The maximum absolute atomic E-state index is 4.55. The van der Waals surface area contributed by atoms with E-state index in [0.717, 1.165) is 31.1 Å². The summed E-state index contributed by atoms with van der Waals surface area (Å²) in [5.74, 6) is 0.810. The number of rotatable bonds is 2. The number of aryl methyl sites for hydroxylation is 1. The second-order valence-electron chi connectivity index (χ2n) is 4.68. The van der Waals surface area contributed by atoms with Crippen molar-refractivity contribution in [3.05, 3.63) is 23.9 Å². The van der Waals surface area contributed by atoms with Gasteiger partial charge in [0.1, 0.15) is 0 Å². The molecule has 2 aromatic heterocycles. The molecule has 1 unspecified atom stereocenters. The van der Waals surface area contributed by atoms with E-state index >= 15 is 0 Å². The smallest absolute Gasteiger partial charge is 0.245 e. The van der Waals surface area contributed by atoms with Gasteiger partial charge in [-0.2, -0.15) is 4.98 Å². The van der Waals surface area contributed by atoms with Crippen LogP contribution in [-0.4, -0.2) is 40.8 Å². The molecule has 3 heterocycles. The summed E-state index contributed by atoms with van der Waals surface area (Å²) in [7, 11) is 2.07. The van der Waals surface area contributed by atoms with E-state index in [-0.39, 0.29) is 0 Å². The highest BCUT2D eigenvalue weighted by Gasteiger charge is 2.22. The highest BCUT2D eigenvalue weighted by molar-refractivity contribution is 5.45. The highest BCUT2D eigenvalue weighted by Crippen LogP contribution is 2.15. The lowest BCUT2D eigenvalue weighted by Gasteiger charge is -2.21. The largest absolute Gasteiger partial charge is 0.338 e. The van der Waals surface area contributed by atoms with E-state index < -0.39 is 0 Å². The van der Waals surface area contributed by atoms with Gasteiger partial charge in [0.15, 0.2) is 5.65 Å². The van der Waals surface area contributed by atoms with Crippen LogP contribution >= 0.6 is 0 Å². The van der Waals surface area contributed by atoms with Crippen LogP contribution in [0.15, 0.2) is 18.3 Å². The number of anilines is 1. The normalized spacial score (nSPS) is 20.0. The molecule has 0 amide bonds. The van der Waals surface area contributed by atoms with Gasteiger partial charge < -0.3 is 10.2 Å². The third-order valence-corrected chi connectivity index (χ3v) is 3.37. The molecular formula is C12H17N5. The summed E-state index contributed by atoms with van der Waals surface area (Å²) in [5, 5.41) is 7.88. The fourth-order valence-corrected chi connectivity index (χ4v) is 2.26. The van der Waals surface area contributed by atoms with Gasteiger partial charge in [0.25, 0.3) is 0 Å². The summed E-state index contributed by atoms with van der Waals surface area (Å²) in [4.78, 5) is 6.72. The number of fused-ring (bicyclic) bond motifs is 1. The number of aromatic nitrogens is 3. The zero-order valence-electron chi connectivity index (χ0n) is 10.2. The Morgan fingerprint density at radius 2 is 2.35 bits per heavy atom. The highest BCUT2D eigenvalue weighted by atomic mass is 15.4. The van der Waals surface area contributed by atoms with Gasteiger partial charge in [-0.25, -0.2) is 4.52 Å². The minimum atomic E-state index is 0.508. The molecule has 0 aliphatic carbocycles. The van der Waals surface area contributed by atoms with E-state index in [2.05, 4.69) is 40.3 Å². The Bertz CT molecular complexity index is 527. The molecule has 1 atom stereocenters. The van der Waals surface area contributed by atoms with Crippen LogP contribution in [0.25, 0.3) is 5.65 Å². The Morgan fingerprint density at radius 1 is 1.47 bits per heavy atom. The van der Waals surface area contributed by atoms with Gasteiger partial charge in [-0.3, -0.25) is 0 Å². The molecule has 1 N–H and O–H groups in total. The number of nitrogens with one attached hydrogen (secondary N) is 1. The summed E-state index contributed by atoms with van der Waals surface area (Å²) in [6, 6.07) is 4.57. The Kier molecular flexibility index (Phi) is 2.48.